The molecule has 0 unspecified atom stereocenters. The summed E-state index contributed by atoms with van der Waals surface area (Å²) in [4.78, 5) is 59.5. The Morgan fingerprint density at radius 2 is 1.83 bits per heavy atom. The molecule has 3 aromatic rings. The van der Waals surface area contributed by atoms with Crippen molar-refractivity contribution in [3.63, 3.8) is 0 Å². The van der Waals surface area contributed by atoms with Crippen molar-refractivity contribution < 1.29 is 23.9 Å². The fourth-order valence-corrected chi connectivity index (χ4v) is 3.54. The Labute approximate surface area is 201 Å². The van der Waals surface area contributed by atoms with Gasteiger partial charge in [-0.2, -0.15) is 10.2 Å². The molecule has 0 saturated carbocycles. The predicted octanol–water partition coefficient (Wildman–Crippen LogP) is 0.957. The summed E-state index contributed by atoms with van der Waals surface area (Å²) in [5, 5.41) is 9.23. The molecule has 1 aliphatic rings. The van der Waals surface area contributed by atoms with Crippen LogP contribution in [0.25, 0.3) is 5.69 Å². The molecule has 1 fully saturated rings. The lowest BCUT2D eigenvalue weighted by atomic mass is 10.2. The van der Waals surface area contributed by atoms with E-state index >= 15 is 0 Å². The molecule has 0 atom stereocenters. The fraction of sp³-hybridized carbons (Fsp3) is 0.0455. The highest BCUT2D eigenvalue weighted by Gasteiger charge is 2.26. The van der Waals surface area contributed by atoms with Gasteiger partial charge in [0.25, 0.3) is 17.1 Å². The third kappa shape index (κ3) is 5.78. The standard InChI is InChI=1S/C22H16N6O6S/c29-18(12-28-22(33)27(13-24-28)15-7-2-1-3-8-15)26-23-11-14-6-4-5-9-16(14)34-19(30)10-17-20(31)25-21(32)35-17/h1-11,13H,12H2,(H,26,29)(H,25,31,32)/b17-10-,23-11-. The molecule has 4 rings (SSSR count). The molecule has 1 aliphatic heterocycles. The summed E-state index contributed by atoms with van der Waals surface area (Å²) in [6.07, 6.45) is 3.48. The first-order valence-electron chi connectivity index (χ1n) is 9.98. The van der Waals surface area contributed by atoms with Crippen LogP contribution in [-0.2, 0) is 20.9 Å². The number of nitrogens with zero attached hydrogens (tertiary/aromatic N) is 4. The van der Waals surface area contributed by atoms with Gasteiger partial charge >= 0.3 is 11.7 Å². The highest BCUT2D eigenvalue weighted by atomic mass is 32.2. The Balaban J connectivity index is 1.38. The van der Waals surface area contributed by atoms with E-state index < -0.39 is 28.7 Å². The zero-order valence-corrected chi connectivity index (χ0v) is 18.6. The normalized spacial score (nSPS) is 14.3. The number of carbonyl (C=O) groups excluding carboxylic acids is 4. The van der Waals surface area contributed by atoms with Crippen LogP contribution in [0.5, 0.6) is 5.75 Å². The van der Waals surface area contributed by atoms with E-state index in [-0.39, 0.29) is 17.2 Å². The average Bonchev–Trinajstić information content (AvgIpc) is 3.35. The second-order valence-electron chi connectivity index (χ2n) is 6.88. The van der Waals surface area contributed by atoms with Gasteiger partial charge in [0.15, 0.2) is 0 Å². The SMILES string of the molecule is O=C(Cn1ncn(-c2ccccc2)c1=O)N/N=C\c1ccccc1OC(=O)/C=C1\SC(=O)NC1=O. The van der Waals surface area contributed by atoms with Gasteiger partial charge in [0.1, 0.15) is 18.6 Å². The molecule has 2 aromatic carbocycles. The van der Waals surface area contributed by atoms with Crippen LogP contribution in [0.2, 0.25) is 0 Å². The summed E-state index contributed by atoms with van der Waals surface area (Å²) in [5.74, 6) is -2.03. The van der Waals surface area contributed by atoms with Crippen molar-refractivity contribution in [1.29, 1.82) is 0 Å². The molecule has 35 heavy (non-hydrogen) atoms. The van der Waals surface area contributed by atoms with E-state index in [4.69, 9.17) is 4.74 Å². The van der Waals surface area contributed by atoms with Crippen LogP contribution in [0.3, 0.4) is 0 Å². The number of amides is 3. The van der Waals surface area contributed by atoms with Gasteiger partial charge in [0.05, 0.1) is 16.8 Å². The van der Waals surface area contributed by atoms with Gasteiger partial charge in [-0.1, -0.05) is 30.3 Å². The van der Waals surface area contributed by atoms with Gasteiger partial charge in [-0.3, -0.25) is 19.7 Å². The van der Waals surface area contributed by atoms with Crippen molar-refractivity contribution >= 4 is 41.0 Å². The van der Waals surface area contributed by atoms with E-state index in [2.05, 4.69) is 15.6 Å². The second-order valence-corrected chi connectivity index (χ2v) is 7.90. The molecule has 0 bridgehead atoms. The largest absolute Gasteiger partial charge is 0.423 e. The van der Waals surface area contributed by atoms with Crippen molar-refractivity contribution in [2.75, 3.05) is 0 Å². The number of rotatable bonds is 7. The third-order valence-electron chi connectivity index (χ3n) is 4.47. The maximum atomic E-state index is 12.5. The smallest absolute Gasteiger partial charge is 0.350 e. The van der Waals surface area contributed by atoms with E-state index in [1.54, 1.807) is 42.5 Å². The number of para-hydroxylation sites is 2. The second kappa shape index (κ2) is 10.4. The number of hydrogen-bond acceptors (Lipinski definition) is 9. The molecule has 1 aromatic heterocycles. The molecule has 1 saturated heterocycles. The van der Waals surface area contributed by atoms with Crippen molar-refractivity contribution in [2.45, 2.75) is 6.54 Å². The number of imide groups is 1. The topological polar surface area (TPSA) is 154 Å². The van der Waals surface area contributed by atoms with Gasteiger partial charge < -0.3 is 4.74 Å². The molecule has 0 aliphatic carbocycles. The highest BCUT2D eigenvalue weighted by Crippen LogP contribution is 2.23. The maximum Gasteiger partial charge on any atom is 0.350 e. The minimum absolute atomic E-state index is 0.0802. The molecular weight excluding hydrogens is 476 g/mol. The van der Waals surface area contributed by atoms with Crippen LogP contribution in [0, 0.1) is 0 Å². The lowest BCUT2D eigenvalue weighted by Crippen LogP contribution is -2.31. The van der Waals surface area contributed by atoms with Gasteiger partial charge in [-0.25, -0.2) is 24.3 Å². The van der Waals surface area contributed by atoms with E-state index in [1.807, 2.05) is 11.4 Å². The predicted molar refractivity (Wildman–Crippen MR) is 125 cm³/mol. The lowest BCUT2D eigenvalue weighted by molar-refractivity contribution is -0.129. The summed E-state index contributed by atoms with van der Waals surface area (Å²) < 4.78 is 7.52. The van der Waals surface area contributed by atoms with Gasteiger partial charge in [0.2, 0.25) is 0 Å². The number of carbonyl (C=O) groups is 4. The van der Waals surface area contributed by atoms with Gasteiger partial charge in [-0.15, -0.1) is 0 Å². The number of aromatic nitrogens is 3. The number of hydrazone groups is 1. The number of ether oxygens (including phenoxy) is 1. The highest BCUT2D eigenvalue weighted by molar-refractivity contribution is 8.18. The minimum atomic E-state index is -0.865. The Morgan fingerprint density at radius 3 is 2.57 bits per heavy atom. The molecule has 176 valence electrons. The fourth-order valence-electron chi connectivity index (χ4n) is 2.90. The zero-order chi connectivity index (χ0) is 24.8. The van der Waals surface area contributed by atoms with E-state index in [0.29, 0.717) is 23.0 Å². The van der Waals surface area contributed by atoms with Crippen molar-refractivity contribution in [1.82, 2.24) is 25.1 Å². The quantitative estimate of drug-likeness (QED) is 0.163. The Kier molecular flexibility index (Phi) is 6.97. The van der Waals surface area contributed by atoms with Crippen LogP contribution >= 0.6 is 11.8 Å². The van der Waals surface area contributed by atoms with Crippen molar-refractivity contribution in [3.05, 3.63) is 88.0 Å². The van der Waals surface area contributed by atoms with Crippen molar-refractivity contribution in [3.8, 4) is 11.4 Å². The monoisotopic (exact) mass is 492 g/mol. The van der Waals surface area contributed by atoms with Crippen molar-refractivity contribution in [2.24, 2.45) is 5.10 Å². The Hall–Kier alpha value is -4.78. The first-order chi connectivity index (χ1) is 16.9. The number of nitrogens with one attached hydrogen (secondary N) is 2. The molecular formula is C22H16N6O6S. The molecule has 0 spiro atoms. The summed E-state index contributed by atoms with van der Waals surface area (Å²) >= 11 is 0.592. The van der Waals surface area contributed by atoms with E-state index in [1.165, 1.54) is 23.2 Å². The average molecular weight is 492 g/mol. The number of thioether (sulfide) groups is 1. The molecule has 2 N–H and O–H groups in total. The molecule has 3 amide bonds. The summed E-state index contributed by atoms with van der Waals surface area (Å²) in [6, 6.07) is 15.2. The first kappa shape index (κ1) is 23.4. The Morgan fingerprint density at radius 1 is 1.09 bits per heavy atom. The Bertz CT molecular complexity index is 1430. The van der Waals surface area contributed by atoms with Crippen LogP contribution in [0.15, 0.2) is 81.8 Å². The third-order valence-corrected chi connectivity index (χ3v) is 5.29. The van der Waals surface area contributed by atoms with Crippen LogP contribution in [0.4, 0.5) is 4.79 Å². The van der Waals surface area contributed by atoms with Crippen LogP contribution in [-0.4, -0.2) is 43.6 Å². The van der Waals surface area contributed by atoms with Crippen LogP contribution in [0.1, 0.15) is 5.56 Å². The molecule has 2 heterocycles. The lowest BCUT2D eigenvalue weighted by Gasteiger charge is -2.05. The summed E-state index contributed by atoms with van der Waals surface area (Å²) in [5.41, 5.74) is 2.76. The molecule has 12 nitrogen and oxygen atoms in total. The minimum Gasteiger partial charge on any atom is -0.423 e. The number of esters is 1. The zero-order valence-electron chi connectivity index (χ0n) is 17.8. The maximum absolute atomic E-state index is 12.5. The van der Waals surface area contributed by atoms with Crippen LogP contribution < -0.4 is 21.2 Å². The first-order valence-corrected chi connectivity index (χ1v) is 10.8. The van der Waals surface area contributed by atoms with Gasteiger partial charge in [0, 0.05) is 11.6 Å². The van der Waals surface area contributed by atoms with E-state index in [9.17, 15) is 24.0 Å². The van der Waals surface area contributed by atoms with Gasteiger partial charge in [-0.05, 0) is 36.0 Å². The molecule has 13 heteroatoms. The molecule has 0 radical (unpaired) electrons. The summed E-state index contributed by atoms with van der Waals surface area (Å²) in [6.45, 7) is -0.362. The van der Waals surface area contributed by atoms with E-state index in [0.717, 1.165) is 10.8 Å². The number of benzene rings is 2. The summed E-state index contributed by atoms with van der Waals surface area (Å²) in [7, 11) is 0. The number of hydrogen-bond donors (Lipinski definition) is 2.